The van der Waals surface area contributed by atoms with Crippen molar-refractivity contribution >= 4 is 34.8 Å². The average Bonchev–Trinajstić information content (AvgIpc) is 2.56. The normalized spacial score (nSPS) is 11.8. The summed E-state index contributed by atoms with van der Waals surface area (Å²) >= 11 is 11.9. The van der Waals surface area contributed by atoms with E-state index in [1.165, 1.54) is 5.56 Å². The average molecular weight is 352 g/mol. The van der Waals surface area contributed by atoms with Gasteiger partial charge in [0.05, 0.1) is 10.7 Å². The van der Waals surface area contributed by atoms with Gasteiger partial charge < -0.3 is 10.1 Å². The van der Waals surface area contributed by atoms with Crippen LogP contribution >= 0.6 is 23.2 Å². The molecule has 5 heteroatoms. The largest absolute Gasteiger partial charge is 0.484 e. The number of ether oxygens (including phenoxy) is 1. The van der Waals surface area contributed by atoms with Gasteiger partial charge in [-0.1, -0.05) is 49.2 Å². The molecule has 0 aliphatic carbocycles. The molecular formula is C18H19Cl2NO2. The van der Waals surface area contributed by atoms with Crippen LogP contribution in [0.4, 0.5) is 5.69 Å². The molecule has 0 saturated carbocycles. The summed E-state index contributed by atoms with van der Waals surface area (Å²) in [5, 5.41) is 3.62. The Hall–Kier alpha value is -1.71. The van der Waals surface area contributed by atoms with Crippen LogP contribution in [0, 0.1) is 0 Å². The molecule has 23 heavy (non-hydrogen) atoms. The fourth-order valence-electron chi connectivity index (χ4n) is 2.06. The van der Waals surface area contributed by atoms with Crippen LogP contribution in [0.25, 0.3) is 0 Å². The Morgan fingerprint density at radius 2 is 1.87 bits per heavy atom. The Bertz CT molecular complexity index is 671. The standard InChI is InChI=1S/C18H19Cl2NO2/c1-3-12(2)13-4-7-15(8-5-13)23-11-18(22)21-17-10-14(19)6-9-16(17)20/h4-10,12H,3,11H2,1-2H3,(H,21,22)/t12-/m1/s1. The highest BCUT2D eigenvalue weighted by molar-refractivity contribution is 6.35. The molecule has 0 aromatic heterocycles. The van der Waals surface area contributed by atoms with E-state index in [0.717, 1.165) is 6.42 Å². The molecule has 0 aliphatic rings. The monoisotopic (exact) mass is 351 g/mol. The molecule has 122 valence electrons. The van der Waals surface area contributed by atoms with Crippen LogP contribution < -0.4 is 10.1 Å². The Labute approximate surface area is 146 Å². The molecule has 0 aliphatic heterocycles. The van der Waals surface area contributed by atoms with Gasteiger partial charge >= 0.3 is 0 Å². The number of hydrogen-bond acceptors (Lipinski definition) is 2. The van der Waals surface area contributed by atoms with E-state index in [0.29, 0.717) is 27.4 Å². The summed E-state index contributed by atoms with van der Waals surface area (Å²) in [5.41, 5.74) is 1.73. The smallest absolute Gasteiger partial charge is 0.262 e. The number of anilines is 1. The van der Waals surface area contributed by atoms with Crippen molar-refractivity contribution in [3.05, 3.63) is 58.1 Å². The fourth-order valence-corrected chi connectivity index (χ4v) is 2.39. The van der Waals surface area contributed by atoms with Crippen LogP contribution in [0.3, 0.4) is 0 Å². The third-order valence-electron chi connectivity index (χ3n) is 3.63. The maximum Gasteiger partial charge on any atom is 0.262 e. The molecule has 2 rings (SSSR count). The number of benzene rings is 2. The molecular weight excluding hydrogens is 333 g/mol. The maximum absolute atomic E-state index is 11.9. The molecule has 1 atom stereocenters. The van der Waals surface area contributed by atoms with Crippen LogP contribution in [-0.2, 0) is 4.79 Å². The number of amides is 1. The van der Waals surface area contributed by atoms with Crippen LogP contribution in [0.2, 0.25) is 10.0 Å². The summed E-state index contributed by atoms with van der Waals surface area (Å²) < 4.78 is 5.49. The number of rotatable bonds is 6. The Kier molecular flexibility index (Phi) is 6.31. The van der Waals surface area contributed by atoms with E-state index in [1.54, 1.807) is 18.2 Å². The first-order chi connectivity index (χ1) is 11.0. The summed E-state index contributed by atoms with van der Waals surface area (Å²) in [6.07, 6.45) is 1.09. The van der Waals surface area contributed by atoms with E-state index >= 15 is 0 Å². The second-order valence-electron chi connectivity index (χ2n) is 5.34. The van der Waals surface area contributed by atoms with Gasteiger partial charge in [-0.05, 0) is 48.2 Å². The van der Waals surface area contributed by atoms with Gasteiger partial charge in [-0.25, -0.2) is 0 Å². The number of carbonyl (C=O) groups excluding carboxylic acids is 1. The van der Waals surface area contributed by atoms with Crippen LogP contribution in [0.1, 0.15) is 31.7 Å². The molecule has 0 saturated heterocycles. The topological polar surface area (TPSA) is 38.3 Å². The highest BCUT2D eigenvalue weighted by Crippen LogP contribution is 2.25. The van der Waals surface area contributed by atoms with E-state index in [1.807, 2.05) is 24.3 Å². The summed E-state index contributed by atoms with van der Waals surface area (Å²) in [6, 6.07) is 12.7. The zero-order valence-corrected chi connectivity index (χ0v) is 14.6. The first kappa shape index (κ1) is 17.6. The van der Waals surface area contributed by atoms with Gasteiger partial charge in [0.15, 0.2) is 6.61 Å². The van der Waals surface area contributed by atoms with Gasteiger partial charge in [0.1, 0.15) is 5.75 Å². The summed E-state index contributed by atoms with van der Waals surface area (Å²) in [7, 11) is 0. The number of hydrogen-bond donors (Lipinski definition) is 1. The predicted molar refractivity (Wildman–Crippen MR) is 95.7 cm³/mol. The Morgan fingerprint density at radius 3 is 2.52 bits per heavy atom. The molecule has 0 radical (unpaired) electrons. The maximum atomic E-state index is 11.9. The molecule has 0 heterocycles. The van der Waals surface area contributed by atoms with Crippen molar-refractivity contribution in [2.45, 2.75) is 26.2 Å². The van der Waals surface area contributed by atoms with Crippen molar-refractivity contribution in [1.29, 1.82) is 0 Å². The van der Waals surface area contributed by atoms with Gasteiger partial charge in [0.2, 0.25) is 0 Å². The zero-order chi connectivity index (χ0) is 16.8. The molecule has 2 aromatic rings. The number of nitrogens with one attached hydrogen (secondary N) is 1. The van der Waals surface area contributed by atoms with E-state index < -0.39 is 0 Å². The first-order valence-electron chi connectivity index (χ1n) is 7.47. The van der Waals surface area contributed by atoms with Crippen LogP contribution in [-0.4, -0.2) is 12.5 Å². The molecule has 1 N–H and O–H groups in total. The van der Waals surface area contributed by atoms with Crippen molar-refractivity contribution in [2.24, 2.45) is 0 Å². The Morgan fingerprint density at radius 1 is 1.17 bits per heavy atom. The molecule has 2 aromatic carbocycles. The van der Waals surface area contributed by atoms with E-state index in [2.05, 4.69) is 19.2 Å². The van der Waals surface area contributed by atoms with E-state index in [4.69, 9.17) is 27.9 Å². The van der Waals surface area contributed by atoms with Gasteiger partial charge in [0.25, 0.3) is 5.91 Å². The third-order valence-corrected chi connectivity index (χ3v) is 4.20. The van der Waals surface area contributed by atoms with Crippen LogP contribution in [0.15, 0.2) is 42.5 Å². The van der Waals surface area contributed by atoms with Gasteiger partial charge in [-0.3, -0.25) is 4.79 Å². The van der Waals surface area contributed by atoms with Crippen molar-refractivity contribution in [3.8, 4) is 5.75 Å². The van der Waals surface area contributed by atoms with E-state index in [9.17, 15) is 4.79 Å². The zero-order valence-electron chi connectivity index (χ0n) is 13.1. The van der Waals surface area contributed by atoms with Crippen molar-refractivity contribution in [3.63, 3.8) is 0 Å². The minimum atomic E-state index is -0.292. The second-order valence-corrected chi connectivity index (χ2v) is 6.18. The van der Waals surface area contributed by atoms with Crippen molar-refractivity contribution in [1.82, 2.24) is 0 Å². The third kappa shape index (κ3) is 5.15. The summed E-state index contributed by atoms with van der Waals surface area (Å²) in [5.74, 6) is 0.877. The predicted octanol–water partition coefficient (Wildman–Crippen LogP) is 5.52. The molecule has 3 nitrogen and oxygen atoms in total. The molecule has 1 amide bonds. The number of carbonyl (C=O) groups is 1. The Balaban J connectivity index is 1.90. The minimum Gasteiger partial charge on any atom is -0.484 e. The summed E-state index contributed by atoms with van der Waals surface area (Å²) in [6.45, 7) is 4.24. The molecule has 0 bridgehead atoms. The van der Waals surface area contributed by atoms with Gasteiger partial charge in [-0.15, -0.1) is 0 Å². The molecule has 0 spiro atoms. The lowest BCUT2D eigenvalue weighted by Crippen LogP contribution is -2.20. The lowest BCUT2D eigenvalue weighted by Gasteiger charge is -2.11. The molecule has 0 unspecified atom stereocenters. The highest BCUT2D eigenvalue weighted by Gasteiger charge is 2.08. The van der Waals surface area contributed by atoms with Gasteiger partial charge in [0, 0.05) is 5.02 Å². The summed E-state index contributed by atoms with van der Waals surface area (Å²) in [4.78, 5) is 11.9. The second kappa shape index (κ2) is 8.23. The SMILES string of the molecule is CC[C@@H](C)c1ccc(OCC(=O)Nc2cc(Cl)ccc2Cl)cc1. The highest BCUT2D eigenvalue weighted by atomic mass is 35.5. The lowest BCUT2D eigenvalue weighted by molar-refractivity contribution is -0.118. The fraction of sp³-hybridized carbons (Fsp3) is 0.278. The quantitative estimate of drug-likeness (QED) is 0.743. The van der Waals surface area contributed by atoms with Gasteiger partial charge in [-0.2, -0.15) is 0 Å². The van der Waals surface area contributed by atoms with Crippen molar-refractivity contribution < 1.29 is 9.53 Å². The minimum absolute atomic E-state index is 0.0917. The number of halogens is 2. The van der Waals surface area contributed by atoms with Crippen molar-refractivity contribution in [2.75, 3.05) is 11.9 Å². The lowest BCUT2D eigenvalue weighted by atomic mass is 9.99. The first-order valence-corrected chi connectivity index (χ1v) is 8.23. The molecule has 0 fully saturated rings. The van der Waals surface area contributed by atoms with E-state index in [-0.39, 0.29) is 12.5 Å². The van der Waals surface area contributed by atoms with Crippen LogP contribution in [0.5, 0.6) is 5.75 Å².